The Hall–Kier alpha value is -1.90. The van der Waals surface area contributed by atoms with E-state index in [1.54, 1.807) is 13.8 Å². The van der Waals surface area contributed by atoms with Gasteiger partial charge in [-0.05, 0) is 56.0 Å². The number of hydrogen-bond donors (Lipinski definition) is 1. The number of aromatic nitrogens is 1. The molecule has 0 bridgehead atoms. The van der Waals surface area contributed by atoms with Crippen LogP contribution in [0.3, 0.4) is 0 Å². The van der Waals surface area contributed by atoms with Crippen LogP contribution in [0.4, 0.5) is 0 Å². The maximum atomic E-state index is 11.4. The maximum Gasteiger partial charge on any atom is 0.315 e. The van der Waals surface area contributed by atoms with Crippen LogP contribution in [0.2, 0.25) is 0 Å². The van der Waals surface area contributed by atoms with Crippen molar-refractivity contribution in [2.45, 2.75) is 46.0 Å². The Morgan fingerprint density at radius 1 is 1.25 bits per heavy atom. The molecule has 2 rings (SSSR count). The molecule has 1 aromatic heterocycles. The molecule has 0 saturated heterocycles. The van der Waals surface area contributed by atoms with Crippen LogP contribution in [0.25, 0.3) is 10.9 Å². The smallest absolute Gasteiger partial charge is 0.315 e. The molecule has 0 fully saturated rings. The van der Waals surface area contributed by atoms with Crippen LogP contribution in [-0.4, -0.2) is 16.1 Å². The molecule has 1 N–H and O–H groups in total. The van der Waals surface area contributed by atoms with E-state index in [9.17, 15) is 9.90 Å². The Bertz CT molecular complexity index is 672. The van der Waals surface area contributed by atoms with E-state index in [1.165, 1.54) is 5.56 Å². The first-order valence-corrected chi connectivity index (χ1v) is 6.88. The van der Waals surface area contributed by atoms with Crippen molar-refractivity contribution in [1.82, 2.24) is 4.98 Å². The van der Waals surface area contributed by atoms with Crippen LogP contribution < -0.4 is 0 Å². The van der Waals surface area contributed by atoms with Gasteiger partial charge in [0.15, 0.2) is 0 Å². The maximum absolute atomic E-state index is 11.4. The standard InChI is InChI=1S/C17H21NO2/c1-10(2)12-6-7-14-13(9-12)11(3)8-15(18-14)17(4,5)16(19)20/h6-10H,1-5H3,(H,19,20). The summed E-state index contributed by atoms with van der Waals surface area (Å²) in [6.07, 6.45) is 0. The Morgan fingerprint density at radius 3 is 2.45 bits per heavy atom. The van der Waals surface area contributed by atoms with Crippen LogP contribution in [0, 0.1) is 6.92 Å². The first-order valence-electron chi connectivity index (χ1n) is 6.88. The first kappa shape index (κ1) is 14.5. The molecular formula is C17H21NO2. The molecule has 20 heavy (non-hydrogen) atoms. The van der Waals surface area contributed by atoms with Gasteiger partial charge < -0.3 is 5.11 Å². The number of hydrogen-bond acceptors (Lipinski definition) is 2. The zero-order valence-electron chi connectivity index (χ0n) is 12.7. The van der Waals surface area contributed by atoms with Gasteiger partial charge in [-0.25, -0.2) is 0 Å². The second kappa shape index (κ2) is 4.89. The Labute approximate surface area is 119 Å². The third-order valence-corrected chi connectivity index (χ3v) is 3.88. The lowest BCUT2D eigenvalue weighted by atomic mass is 9.87. The zero-order valence-corrected chi connectivity index (χ0v) is 12.7. The molecule has 106 valence electrons. The number of pyridine rings is 1. The molecular weight excluding hydrogens is 250 g/mol. The largest absolute Gasteiger partial charge is 0.481 e. The second-order valence-electron chi connectivity index (χ2n) is 6.19. The van der Waals surface area contributed by atoms with E-state index < -0.39 is 11.4 Å². The highest BCUT2D eigenvalue weighted by molar-refractivity contribution is 5.85. The minimum absolute atomic E-state index is 0.467. The van der Waals surface area contributed by atoms with E-state index in [0.717, 1.165) is 16.5 Å². The lowest BCUT2D eigenvalue weighted by Crippen LogP contribution is -2.29. The van der Waals surface area contributed by atoms with E-state index in [-0.39, 0.29) is 0 Å². The minimum atomic E-state index is -0.977. The van der Waals surface area contributed by atoms with Crippen molar-refractivity contribution in [2.75, 3.05) is 0 Å². The van der Waals surface area contributed by atoms with E-state index >= 15 is 0 Å². The average molecular weight is 271 g/mol. The summed E-state index contributed by atoms with van der Waals surface area (Å²) in [5.41, 5.74) is 2.83. The van der Waals surface area contributed by atoms with Crippen molar-refractivity contribution in [3.05, 3.63) is 41.1 Å². The summed E-state index contributed by atoms with van der Waals surface area (Å²) in [6.45, 7) is 9.70. The molecule has 0 aliphatic carbocycles. The Morgan fingerprint density at radius 2 is 1.90 bits per heavy atom. The first-order chi connectivity index (χ1) is 9.23. The number of nitrogens with zero attached hydrogens (tertiary/aromatic N) is 1. The molecule has 0 aliphatic rings. The van der Waals surface area contributed by atoms with Gasteiger partial charge in [0, 0.05) is 5.39 Å². The molecule has 0 unspecified atom stereocenters. The van der Waals surface area contributed by atoms with Crippen LogP contribution in [0.5, 0.6) is 0 Å². The number of carboxylic acids is 1. The lowest BCUT2D eigenvalue weighted by molar-refractivity contribution is -0.142. The topological polar surface area (TPSA) is 50.2 Å². The Kier molecular flexibility index (Phi) is 3.55. The normalized spacial score (nSPS) is 12.1. The molecule has 0 saturated carbocycles. The summed E-state index contributed by atoms with van der Waals surface area (Å²) in [7, 11) is 0. The van der Waals surface area contributed by atoms with E-state index in [2.05, 4.69) is 31.0 Å². The van der Waals surface area contributed by atoms with Gasteiger partial charge in [0.1, 0.15) is 5.41 Å². The number of benzene rings is 1. The average Bonchev–Trinajstić information content (AvgIpc) is 2.37. The summed E-state index contributed by atoms with van der Waals surface area (Å²) in [5.74, 6) is -0.392. The molecule has 0 aliphatic heterocycles. The fourth-order valence-corrected chi connectivity index (χ4v) is 2.20. The molecule has 3 nitrogen and oxygen atoms in total. The number of aryl methyl sites for hydroxylation is 1. The number of carboxylic acid groups (broad SMARTS) is 1. The highest BCUT2D eigenvalue weighted by Crippen LogP contribution is 2.28. The van der Waals surface area contributed by atoms with E-state index in [1.807, 2.05) is 19.1 Å². The highest BCUT2D eigenvalue weighted by atomic mass is 16.4. The van der Waals surface area contributed by atoms with Crippen LogP contribution >= 0.6 is 0 Å². The fraction of sp³-hybridized carbons (Fsp3) is 0.412. The van der Waals surface area contributed by atoms with Gasteiger partial charge in [-0.2, -0.15) is 0 Å². The molecule has 1 heterocycles. The summed E-state index contributed by atoms with van der Waals surface area (Å²) in [5, 5.41) is 10.4. The highest BCUT2D eigenvalue weighted by Gasteiger charge is 2.31. The number of aliphatic carboxylic acids is 1. The third kappa shape index (κ3) is 2.40. The fourth-order valence-electron chi connectivity index (χ4n) is 2.20. The van der Waals surface area contributed by atoms with Crippen molar-refractivity contribution in [3.63, 3.8) is 0 Å². The predicted molar refractivity (Wildman–Crippen MR) is 81.2 cm³/mol. The van der Waals surface area contributed by atoms with Crippen molar-refractivity contribution < 1.29 is 9.90 Å². The van der Waals surface area contributed by atoms with Gasteiger partial charge in [-0.3, -0.25) is 9.78 Å². The zero-order chi connectivity index (χ0) is 15.1. The molecule has 0 atom stereocenters. The summed E-state index contributed by atoms with van der Waals surface area (Å²) in [6, 6.07) is 8.09. The molecule has 1 aromatic carbocycles. The third-order valence-electron chi connectivity index (χ3n) is 3.88. The lowest BCUT2D eigenvalue weighted by Gasteiger charge is -2.20. The van der Waals surface area contributed by atoms with Crippen LogP contribution in [-0.2, 0) is 10.2 Å². The summed E-state index contributed by atoms with van der Waals surface area (Å²) >= 11 is 0. The second-order valence-corrected chi connectivity index (χ2v) is 6.19. The molecule has 0 radical (unpaired) electrons. The molecule has 3 heteroatoms. The molecule has 2 aromatic rings. The SMILES string of the molecule is Cc1cc(C(C)(C)C(=O)O)nc2ccc(C(C)C)cc12. The minimum Gasteiger partial charge on any atom is -0.481 e. The van der Waals surface area contributed by atoms with Gasteiger partial charge in [-0.15, -0.1) is 0 Å². The van der Waals surface area contributed by atoms with E-state index in [0.29, 0.717) is 11.6 Å². The summed E-state index contributed by atoms with van der Waals surface area (Å²) < 4.78 is 0. The van der Waals surface area contributed by atoms with Gasteiger partial charge in [0.05, 0.1) is 11.2 Å². The quantitative estimate of drug-likeness (QED) is 0.917. The van der Waals surface area contributed by atoms with Crippen LogP contribution in [0.15, 0.2) is 24.3 Å². The van der Waals surface area contributed by atoms with Gasteiger partial charge >= 0.3 is 5.97 Å². The monoisotopic (exact) mass is 271 g/mol. The van der Waals surface area contributed by atoms with Gasteiger partial charge in [0.25, 0.3) is 0 Å². The predicted octanol–water partition coefficient (Wildman–Crippen LogP) is 4.03. The van der Waals surface area contributed by atoms with Gasteiger partial charge in [-0.1, -0.05) is 19.9 Å². The molecule has 0 spiro atoms. The van der Waals surface area contributed by atoms with Crippen molar-refractivity contribution >= 4 is 16.9 Å². The number of fused-ring (bicyclic) bond motifs is 1. The summed E-state index contributed by atoms with van der Waals surface area (Å²) in [4.78, 5) is 15.9. The van der Waals surface area contributed by atoms with Crippen molar-refractivity contribution in [1.29, 1.82) is 0 Å². The molecule has 0 amide bonds. The Balaban J connectivity index is 2.65. The number of rotatable bonds is 3. The van der Waals surface area contributed by atoms with Crippen molar-refractivity contribution in [2.24, 2.45) is 0 Å². The van der Waals surface area contributed by atoms with Gasteiger partial charge in [0.2, 0.25) is 0 Å². The number of carbonyl (C=O) groups is 1. The van der Waals surface area contributed by atoms with Crippen molar-refractivity contribution in [3.8, 4) is 0 Å². The van der Waals surface area contributed by atoms with E-state index in [4.69, 9.17) is 0 Å². The van der Waals surface area contributed by atoms with Crippen LogP contribution in [0.1, 0.15) is 50.4 Å².